The number of hydrogen-bond acceptors (Lipinski definition) is 24. The number of carbonyl (C=O) groups excluding carboxylic acids is 7. The molecule has 2 heterocycles. The molecule has 2 unspecified atom stereocenters. The Morgan fingerprint density at radius 3 is 1.22 bits per heavy atom. The number of esters is 1. The lowest BCUT2D eigenvalue weighted by atomic mass is 9.94. The van der Waals surface area contributed by atoms with Gasteiger partial charge >= 0.3 is 33.6 Å². The van der Waals surface area contributed by atoms with Gasteiger partial charge in [-0.3, -0.25) is 37.8 Å². The number of aliphatic hydroxyl groups is 4. The molecule has 0 spiro atoms. The number of carboxylic acids is 2. The van der Waals surface area contributed by atoms with Crippen LogP contribution in [0.25, 0.3) is 0 Å². The third-order valence-electron chi connectivity index (χ3n) is 21.9. The first-order valence-electron chi connectivity index (χ1n) is 45.3. The molecular weight excluding hydrogens is 1720 g/mol. The van der Waals surface area contributed by atoms with Gasteiger partial charge in [-0.1, -0.05) is 128 Å². The average Bonchev–Trinajstić information content (AvgIpc) is 0.764. The van der Waals surface area contributed by atoms with Crippen LogP contribution in [-0.4, -0.2) is 218 Å². The van der Waals surface area contributed by atoms with Gasteiger partial charge in [0.1, 0.15) is 79.0 Å². The minimum Gasteiger partial charge on any atom is -0.480 e. The van der Waals surface area contributed by atoms with Crippen LogP contribution in [0, 0.1) is 0 Å². The Morgan fingerprint density at radius 1 is 0.423 bits per heavy atom. The number of nitrogens with one attached hydrogen (secondary N) is 6. The maximum atomic E-state index is 14.1. The van der Waals surface area contributed by atoms with Crippen LogP contribution in [-0.2, 0) is 89.3 Å². The Hall–Kier alpha value is -7.73. The van der Waals surface area contributed by atoms with Crippen LogP contribution in [0.5, 0.6) is 0 Å². The van der Waals surface area contributed by atoms with E-state index in [4.69, 9.17) is 43.6 Å². The lowest BCUT2D eigenvalue weighted by Crippen LogP contribution is -2.70. The standard InChI is InChI=1S/C94H155N7O27P2/c1-59(2)31-21-32-60(3)33-22-34-61(4)35-23-36-62(5)37-24-38-63(6)39-25-40-64(7)41-26-42-65(8)43-27-44-66(9)45-28-46-67(10)47-29-48-68(11)49-30-50-69(12)54-56-121-129(117,118)128-130(119,120)127-94-82(99-75(18)105)86(85(79(58-103)125-94)126-93-81(98-74(17)104)84(108)83(107)78(57-102)124-93)122-72(15)88(110)96-70(13)87(109)101-77(91(114)115)52-53-80(106)100-76(51-19-20-55-95)89(111)97-71(14)92(116)123-73(16)90(112)113/h31,33,35,37,39,41,43,45,47,49,54,70-73,76-79,81-86,93-94,102-103,107-108H,19-30,32,34,36,38,40,42,44,46,48,50-53,55-58,95H2,1-18H3,(H,96,110)(H,97,111)(H,98,104)(H,99,105)(H,100,106)(H,101,109)(H,112,113)(H,114,115)(H,117,118)(H,119,120)/b60-33+,61-35+,62-37-,63-39-,64-41-,65-43-,66-45-,67-47-,68-49-,69-54-/t70-,71+,72+,73+,76-,77+,78+,79+,81+,82+,83+,84+,85+,86+,93-,94+/m0/s1. The summed E-state index contributed by atoms with van der Waals surface area (Å²) in [5.74, 6) is -10.0. The molecule has 34 nitrogen and oxygen atoms in total. The number of hydrogen-bond donors (Lipinski definition) is 15. The van der Waals surface area contributed by atoms with E-state index < -0.39 is 199 Å². The Labute approximate surface area is 770 Å². The zero-order chi connectivity index (χ0) is 98.0. The van der Waals surface area contributed by atoms with E-state index in [0.717, 1.165) is 156 Å². The fourth-order valence-corrected chi connectivity index (χ4v) is 16.0. The van der Waals surface area contributed by atoms with Crippen molar-refractivity contribution in [3.63, 3.8) is 0 Å². The van der Waals surface area contributed by atoms with E-state index in [0.29, 0.717) is 25.7 Å². The molecule has 18 atom stereocenters. The van der Waals surface area contributed by atoms with Gasteiger partial charge in [0.25, 0.3) is 0 Å². The highest BCUT2D eigenvalue weighted by Crippen LogP contribution is 2.61. The predicted octanol–water partition coefficient (Wildman–Crippen LogP) is 12.8. The van der Waals surface area contributed by atoms with Crippen molar-refractivity contribution in [1.29, 1.82) is 0 Å². The molecule has 0 saturated carbocycles. The minimum atomic E-state index is -5.95. The zero-order valence-corrected chi connectivity index (χ0v) is 81.7. The third-order valence-corrected chi connectivity index (χ3v) is 24.5. The van der Waals surface area contributed by atoms with E-state index in [1.807, 2.05) is 6.92 Å². The van der Waals surface area contributed by atoms with Crippen LogP contribution in [0.3, 0.4) is 0 Å². The van der Waals surface area contributed by atoms with Crippen molar-refractivity contribution < 1.29 is 130 Å². The zero-order valence-electron chi connectivity index (χ0n) is 79.9. The molecular formula is C94H155N7O27P2. The fraction of sp³-hybridized carbons (Fsp3) is 0.670. The number of amides is 6. The lowest BCUT2D eigenvalue weighted by Gasteiger charge is -2.49. The molecule has 738 valence electrons. The predicted molar refractivity (Wildman–Crippen MR) is 497 cm³/mol. The second-order valence-corrected chi connectivity index (χ2v) is 37.5. The Kier molecular flexibility index (Phi) is 57.8. The maximum Gasteiger partial charge on any atom is 0.483 e. The number of aliphatic carboxylic acids is 2. The Bertz CT molecular complexity index is 4070. The third kappa shape index (κ3) is 50.4. The Balaban J connectivity index is 2.08. The number of ether oxygens (including phenoxy) is 5. The van der Waals surface area contributed by atoms with Crippen LogP contribution in [0.4, 0.5) is 0 Å². The average molecular weight is 1880 g/mol. The van der Waals surface area contributed by atoms with E-state index in [9.17, 15) is 87.6 Å². The second-order valence-electron chi connectivity index (χ2n) is 34.5. The van der Waals surface area contributed by atoms with Crippen LogP contribution >= 0.6 is 15.6 Å². The summed E-state index contributed by atoms with van der Waals surface area (Å²) in [6.07, 6.45) is 25.4. The molecule has 2 fully saturated rings. The van der Waals surface area contributed by atoms with E-state index in [1.54, 1.807) is 6.92 Å². The van der Waals surface area contributed by atoms with Gasteiger partial charge in [0.2, 0.25) is 35.4 Å². The lowest BCUT2D eigenvalue weighted by molar-refractivity contribution is -0.331. The van der Waals surface area contributed by atoms with Crippen LogP contribution in [0.2, 0.25) is 0 Å². The number of carbonyl (C=O) groups is 9. The van der Waals surface area contributed by atoms with Gasteiger partial charge in [-0.25, -0.2) is 23.5 Å². The summed E-state index contributed by atoms with van der Waals surface area (Å²) in [5.41, 5.74) is 20.4. The summed E-state index contributed by atoms with van der Waals surface area (Å²) in [6.45, 7) is 29.9. The highest BCUT2D eigenvalue weighted by atomic mass is 31.3. The molecule has 0 aliphatic carbocycles. The van der Waals surface area contributed by atoms with Gasteiger partial charge in [-0.05, 0) is 271 Å². The van der Waals surface area contributed by atoms with Crippen molar-refractivity contribution in [2.24, 2.45) is 5.73 Å². The number of unbranched alkanes of at least 4 members (excludes halogenated alkanes) is 1. The van der Waals surface area contributed by atoms with Crippen molar-refractivity contribution in [2.45, 2.75) is 383 Å². The first-order valence-corrected chi connectivity index (χ1v) is 48.3. The number of carboxylic acid groups (broad SMARTS) is 2. The van der Waals surface area contributed by atoms with Gasteiger partial charge < -0.3 is 102 Å². The summed E-state index contributed by atoms with van der Waals surface area (Å²) in [6, 6.07) is -9.85. The van der Waals surface area contributed by atoms with Gasteiger partial charge in [0.05, 0.1) is 19.8 Å². The van der Waals surface area contributed by atoms with Gasteiger partial charge in [0.15, 0.2) is 18.7 Å². The molecule has 0 aromatic carbocycles. The minimum absolute atomic E-state index is 0.00300. The van der Waals surface area contributed by atoms with Crippen molar-refractivity contribution in [2.75, 3.05) is 26.4 Å². The van der Waals surface area contributed by atoms with Gasteiger partial charge in [-0.15, -0.1) is 0 Å². The van der Waals surface area contributed by atoms with Crippen molar-refractivity contribution in [3.05, 3.63) is 128 Å². The molecule has 6 amide bonds. The maximum absolute atomic E-state index is 14.1. The highest BCUT2D eigenvalue weighted by molar-refractivity contribution is 7.61. The molecule has 2 aliphatic heterocycles. The van der Waals surface area contributed by atoms with Crippen molar-refractivity contribution in [1.82, 2.24) is 31.9 Å². The summed E-state index contributed by atoms with van der Waals surface area (Å²) in [4.78, 5) is 138. The largest absolute Gasteiger partial charge is 0.483 e. The number of nitrogens with two attached hydrogens (primary N) is 1. The van der Waals surface area contributed by atoms with Crippen molar-refractivity contribution >= 4 is 69.0 Å². The van der Waals surface area contributed by atoms with E-state index in [1.165, 1.54) is 68.7 Å². The number of allylic oxidation sites excluding steroid dienone is 21. The molecule has 36 heteroatoms. The fourth-order valence-electron chi connectivity index (χ4n) is 14.0. The van der Waals surface area contributed by atoms with Crippen molar-refractivity contribution in [3.8, 4) is 0 Å². The van der Waals surface area contributed by atoms with E-state index in [-0.39, 0.29) is 13.0 Å². The normalized spacial score (nSPS) is 22.4. The smallest absolute Gasteiger partial charge is 0.480 e. The molecule has 0 aromatic heterocycles. The second kappa shape index (κ2) is 63.5. The quantitative estimate of drug-likeness (QED) is 0.0116. The summed E-state index contributed by atoms with van der Waals surface area (Å²) >= 11 is 0. The number of phosphoric ester groups is 2. The topological polar surface area (TPSA) is 522 Å². The number of phosphoric acid groups is 2. The molecule has 0 bridgehead atoms. The van der Waals surface area contributed by atoms with Gasteiger partial charge in [0, 0.05) is 20.3 Å². The van der Waals surface area contributed by atoms with Crippen LogP contribution < -0.4 is 37.6 Å². The summed E-state index contributed by atoms with van der Waals surface area (Å²) in [7, 11) is -11.5. The number of aliphatic hydroxyl groups excluding tert-OH is 4. The summed E-state index contributed by atoms with van der Waals surface area (Å²) in [5, 5.41) is 76.3. The summed E-state index contributed by atoms with van der Waals surface area (Å²) < 4.78 is 71.1. The van der Waals surface area contributed by atoms with E-state index in [2.05, 4.69) is 166 Å². The monoisotopic (exact) mass is 1880 g/mol. The first-order chi connectivity index (χ1) is 61.1. The number of rotatable bonds is 63. The van der Waals surface area contributed by atoms with E-state index >= 15 is 0 Å². The SMILES string of the molecule is CC(=O)N[C@H]1[C@H](O[C@H]2[C@H](O[C@H](C)C(=O)N[C@@H](C)C(=O)N[C@H](CCC(=O)N[C@@H](CCCCN)C(=O)N[C@H](C)C(=O)O[C@H](C)C(=O)O)C(=O)O)[C@@H](NC(C)=O)[C@@H](OP(=O)(O)OP(=O)(O)OC/C=C(/C)CC/C=C(/C)CC/C=C(/C)CC/C=C(/C)CC/C=C(/C)CC/C=C(/C)CC/C=C(/C)CC/C=C(/C)CC/C=C(\C)CC/C=C(\C)CCC=C(C)C)O[C@@H]2CO)O[C@H](CO)[C@@H](O)[C@@H]1O. The molecule has 0 radical (unpaired) electrons. The molecule has 2 saturated heterocycles. The molecule has 16 N–H and O–H groups in total. The molecule has 0 aromatic rings. The van der Waals surface area contributed by atoms with Crippen LogP contribution in [0.1, 0.15) is 285 Å². The first kappa shape index (κ1) is 118. The Morgan fingerprint density at radius 2 is 0.823 bits per heavy atom. The van der Waals surface area contributed by atoms with Gasteiger partial charge in [-0.2, -0.15) is 4.31 Å². The molecule has 2 aliphatic rings. The molecule has 130 heavy (non-hydrogen) atoms. The van der Waals surface area contributed by atoms with Crippen LogP contribution in [0.15, 0.2) is 128 Å². The molecule has 2 rings (SSSR count). The highest BCUT2D eigenvalue weighted by Gasteiger charge is 2.55.